The lowest BCUT2D eigenvalue weighted by Gasteiger charge is -2.18. The molecule has 0 saturated carbocycles. The molecular formula is C14H14F5NO4. The Morgan fingerprint density at radius 2 is 1.75 bits per heavy atom. The van der Waals surface area contributed by atoms with Gasteiger partial charge in [0.15, 0.2) is 0 Å². The summed E-state index contributed by atoms with van der Waals surface area (Å²) in [5.74, 6) is -3.56. The molecule has 1 aromatic carbocycles. The number of carbonyl (C=O) groups excluding carboxylic acids is 2. The molecule has 0 aliphatic carbocycles. The van der Waals surface area contributed by atoms with Crippen LogP contribution in [0.3, 0.4) is 0 Å². The summed E-state index contributed by atoms with van der Waals surface area (Å²) in [4.78, 5) is 22.7. The van der Waals surface area contributed by atoms with Crippen LogP contribution in [0.4, 0.5) is 22.0 Å². The highest BCUT2D eigenvalue weighted by Gasteiger charge is 2.41. The summed E-state index contributed by atoms with van der Waals surface area (Å²) in [5, 5.41) is 1.40. The Labute approximate surface area is 133 Å². The van der Waals surface area contributed by atoms with Crippen LogP contribution in [0.15, 0.2) is 30.3 Å². The molecule has 0 aromatic heterocycles. The van der Waals surface area contributed by atoms with Crippen LogP contribution >= 0.6 is 0 Å². The number of halogens is 5. The van der Waals surface area contributed by atoms with Gasteiger partial charge in [-0.1, -0.05) is 30.3 Å². The zero-order chi connectivity index (χ0) is 18.2. The summed E-state index contributed by atoms with van der Waals surface area (Å²) < 4.78 is 69.3. The van der Waals surface area contributed by atoms with Crippen LogP contribution in [0, 0.1) is 0 Å². The monoisotopic (exact) mass is 355 g/mol. The van der Waals surface area contributed by atoms with Gasteiger partial charge in [0.25, 0.3) is 0 Å². The van der Waals surface area contributed by atoms with Crippen LogP contribution < -0.4 is 5.32 Å². The maximum absolute atomic E-state index is 12.3. The molecule has 24 heavy (non-hydrogen) atoms. The molecule has 0 fully saturated rings. The summed E-state index contributed by atoms with van der Waals surface area (Å²) in [7, 11) is 0. The molecule has 0 bridgehead atoms. The van der Waals surface area contributed by atoms with Crippen LogP contribution in [0.1, 0.15) is 12.0 Å². The summed E-state index contributed by atoms with van der Waals surface area (Å²) in [6, 6.07) is 6.47. The van der Waals surface area contributed by atoms with E-state index >= 15 is 0 Å². The van der Waals surface area contributed by atoms with Gasteiger partial charge in [0.2, 0.25) is 0 Å². The minimum Gasteiger partial charge on any atom is -0.459 e. The van der Waals surface area contributed by atoms with Gasteiger partial charge in [-0.25, -0.2) is 4.79 Å². The van der Waals surface area contributed by atoms with E-state index in [1.165, 1.54) is 5.32 Å². The fourth-order valence-corrected chi connectivity index (χ4v) is 1.59. The van der Waals surface area contributed by atoms with E-state index in [-0.39, 0.29) is 6.61 Å². The van der Waals surface area contributed by atoms with Crippen LogP contribution in [0.5, 0.6) is 0 Å². The van der Waals surface area contributed by atoms with Crippen molar-refractivity contribution in [1.29, 1.82) is 0 Å². The quantitative estimate of drug-likeness (QED) is 0.575. The molecule has 0 unspecified atom stereocenters. The largest absolute Gasteiger partial charge is 0.471 e. The van der Waals surface area contributed by atoms with Crippen molar-refractivity contribution < 1.29 is 41.0 Å². The third-order valence-electron chi connectivity index (χ3n) is 2.72. The lowest BCUT2D eigenvalue weighted by atomic mass is 10.2. The third-order valence-corrected chi connectivity index (χ3v) is 2.72. The Morgan fingerprint density at radius 3 is 2.29 bits per heavy atom. The molecule has 1 N–H and O–H groups in total. The number of ether oxygens (including phenoxy) is 2. The zero-order valence-corrected chi connectivity index (χ0v) is 12.2. The van der Waals surface area contributed by atoms with Crippen molar-refractivity contribution in [3.05, 3.63) is 35.9 Å². The molecule has 1 rings (SSSR count). The van der Waals surface area contributed by atoms with Gasteiger partial charge in [0.05, 0.1) is 6.61 Å². The number of hydrogen-bond acceptors (Lipinski definition) is 4. The molecule has 1 atom stereocenters. The molecule has 1 amide bonds. The topological polar surface area (TPSA) is 64.6 Å². The second-order valence-corrected chi connectivity index (χ2v) is 4.54. The first kappa shape index (κ1) is 19.8. The lowest BCUT2D eigenvalue weighted by Crippen LogP contribution is -2.48. The predicted octanol–water partition coefficient (Wildman–Crippen LogP) is 2.41. The summed E-state index contributed by atoms with van der Waals surface area (Å²) in [6.07, 6.45) is -5.82. The van der Waals surface area contributed by atoms with Crippen LogP contribution in [0.25, 0.3) is 0 Å². The van der Waals surface area contributed by atoms with Crippen molar-refractivity contribution in [1.82, 2.24) is 5.32 Å². The van der Waals surface area contributed by atoms with E-state index < -0.39 is 43.7 Å². The van der Waals surface area contributed by atoms with E-state index in [1.54, 1.807) is 30.3 Å². The van der Waals surface area contributed by atoms with Gasteiger partial charge in [0, 0.05) is 6.42 Å². The highest BCUT2D eigenvalue weighted by atomic mass is 19.4. The Morgan fingerprint density at radius 1 is 1.12 bits per heavy atom. The van der Waals surface area contributed by atoms with Crippen LogP contribution in [-0.4, -0.2) is 37.3 Å². The molecule has 1 aromatic rings. The summed E-state index contributed by atoms with van der Waals surface area (Å²) in [6.45, 7) is -4.13. The van der Waals surface area contributed by atoms with Crippen LogP contribution in [-0.2, 0) is 25.7 Å². The molecule has 5 nitrogen and oxygen atoms in total. The van der Waals surface area contributed by atoms with Gasteiger partial charge >= 0.3 is 24.7 Å². The van der Waals surface area contributed by atoms with Gasteiger partial charge < -0.3 is 14.8 Å². The third kappa shape index (κ3) is 7.36. The van der Waals surface area contributed by atoms with Crippen molar-refractivity contribution in [2.45, 2.75) is 31.9 Å². The standard InChI is InChI=1S/C14H14F5NO4/c15-13(16)23-7-6-10(20-12(22)14(17,18)19)11(21)24-8-9-4-2-1-3-5-9/h1-5,10,13H,6-8H2,(H,20,22)/t10-/m0/s1. The van der Waals surface area contributed by atoms with E-state index in [1.807, 2.05) is 0 Å². The van der Waals surface area contributed by atoms with Crippen molar-refractivity contribution in [2.24, 2.45) is 0 Å². The normalized spacial score (nSPS) is 12.8. The van der Waals surface area contributed by atoms with Gasteiger partial charge in [-0.3, -0.25) is 4.79 Å². The van der Waals surface area contributed by atoms with E-state index in [0.29, 0.717) is 5.56 Å². The number of alkyl halides is 5. The highest BCUT2D eigenvalue weighted by Crippen LogP contribution is 2.15. The number of esters is 1. The number of nitrogens with one attached hydrogen (secondary N) is 1. The molecule has 134 valence electrons. The molecule has 10 heteroatoms. The van der Waals surface area contributed by atoms with Crippen molar-refractivity contribution in [3.8, 4) is 0 Å². The first-order valence-electron chi connectivity index (χ1n) is 6.68. The van der Waals surface area contributed by atoms with Crippen LogP contribution in [0.2, 0.25) is 0 Å². The molecule has 0 heterocycles. The second kappa shape index (κ2) is 9.16. The minimum absolute atomic E-state index is 0.242. The van der Waals surface area contributed by atoms with E-state index in [9.17, 15) is 31.5 Å². The second-order valence-electron chi connectivity index (χ2n) is 4.54. The van der Waals surface area contributed by atoms with Crippen molar-refractivity contribution in [2.75, 3.05) is 6.61 Å². The maximum Gasteiger partial charge on any atom is 0.471 e. The Kier molecular flexibility index (Phi) is 7.56. The van der Waals surface area contributed by atoms with Crippen molar-refractivity contribution in [3.63, 3.8) is 0 Å². The number of benzene rings is 1. The minimum atomic E-state index is -5.22. The zero-order valence-electron chi connectivity index (χ0n) is 12.2. The predicted molar refractivity (Wildman–Crippen MR) is 70.8 cm³/mol. The molecular weight excluding hydrogens is 341 g/mol. The number of amides is 1. The average Bonchev–Trinajstić information content (AvgIpc) is 2.51. The maximum atomic E-state index is 12.3. The van der Waals surface area contributed by atoms with Gasteiger partial charge in [-0.15, -0.1) is 0 Å². The van der Waals surface area contributed by atoms with E-state index in [2.05, 4.69) is 4.74 Å². The van der Waals surface area contributed by atoms with Crippen molar-refractivity contribution >= 4 is 11.9 Å². The number of carbonyl (C=O) groups is 2. The number of hydrogen-bond donors (Lipinski definition) is 1. The summed E-state index contributed by atoms with van der Waals surface area (Å²) >= 11 is 0. The van der Waals surface area contributed by atoms with Gasteiger partial charge in [-0.05, 0) is 5.56 Å². The average molecular weight is 355 g/mol. The Bertz CT molecular complexity index is 536. The van der Waals surface area contributed by atoms with E-state index in [0.717, 1.165) is 0 Å². The summed E-state index contributed by atoms with van der Waals surface area (Å²) in [5.41, 5.74) is 0.565. The van der Waals surface area contributed by atoms with Gasteiger partial charge in [0.1, 0.15) is 12.6 Å². The lowest BCUT2D eigenvalue weighted by molar-refractivity contribution is -0.176. The smallest absolute Gasteiger partial charge is 0.459 e. The Balaban J connectivity index is 2.64. The molecule has 0 aliphatic heterocycles. The SMILES string of the molecule is O=C(OCc1ccccc1)[C@H](CCOC(F)F)NC(=O)C(F)(F)F. The fraction of sp³-hybridized carbons (Fsp3) is 0.429. The van der Waals surface area contributed by atoms with E-state index in [4.69, 9.17) is 4.74 Å². The van der Waals surface area contributed by atoms with Gasteiger partial charge in [-0.2, -0.15) is 22.0 Å². The Hall–Kier alpha value is -2.23. The first-order valence-corrected chi connectivity index (χ1v) is 6.68. The fourth-order valence-electron chi connectivity index (χ4n) is 1.59. The molecule has 0 radical (unpaired) electrons. The molecule has 0 aliphatic rings. The highest BCUT2D eigenvalue weighted by molar-refractivity contribution is 5.87. The number of rotatable bonds is 8. The first-order chi connectivity index (χ1) is 11.2. The molecule has 0 saturated heterocycles. The molecule has 0 spiro atoms.